The van der Waals surface area contributed by atoms with E-state index in [2.05, 4.69) is 27.0 Å². The largest absolute Gasteiger partial charge is 0.490 e. The molecule has 30 heavy (non-hydrogen) atoms. The minimum Gasteiger partial charge on any atom is -0.490 e. The van der Waals surface area contributed by atoms with Gasteiger partial charge in [0.15, 0.2) is 11.5 Å². The Balaban J connectivity index is 1.80. The maximum absolute atomic E-state index is 14.3. The lowest BCUT2D eigenvalue weighted by molar-refractivity contribution is 0.142. The highest BCUT2D eigenvalue weighted by atomic mass is 19.2. The van der Waals surface area contributed by atoms with Crippen molar-refractivity contribution in [1.82, 2.24) is 0 Å². The Bertz CT molecular complexity index is 665. The van der Waals surface area contributed by atoms with Gasteiger partial charge in [-0.2, -0.15) is 8.78 Å². The number of ether oxygens (including phenoxy) is 2. The molecule has 1 saturated carbocycles. The molecule has 0 aliphatic heterocycles. The van der Waals surface area contributed by atoms with Gasteiger partial charge in [-0.25, -0.2) is 0 Å². The summed E-state index contributed by atoms with van der Waals surface area (Å²) in [6.45, 7) is 12.7. The summed E-state index contributed by atoms with van der Waals surface area (Å²) in [5, 5.41) is 0. The fourth-order valence-corrected chi connectivity index (χ4v) is 4.39. The summed E-state index contributed by atoms with van der Waals surface area (Å²) < 4.78 is 39.4. The Morgan fingerprint density at radius 1 is 1.03 bits per heavy atom. The van der Waals surface area contributed by atoms with Gasteiger partial charge in [0.1, 0.15) is 0 Å². The summed E-state index contributed by atoms with van der Waals surface area (Å²) in [7, 11) is 0. The summed E-state index contributed by atoms with van der Waals surface area (Å²) in [6, 6.07) is 2.89. The second-order valence-corrected chi connectivity index (χ2v) is 8.67. The molecule has 4 heteroatoms. The molecule has 0 radical (unpaired) electrons. The first kappa shape index (κ1) is 24.4. The second kappa shape index (κ2) is 12.8. The number of hydrogen-bond donors (Lipinski definition) is 0. The Labute approximate surface area is 181 Å². The van der Waals surface area contributed by atoms with E-state index in [0.29, 0.717) is 24.9 Å². The van der Waals surface area contributed by atoms with Gasteiger partial charge < -0.3 is 9.47 Å². The third-order valence-electron chi connectivity index (χ3n) is 6.54. The Kier molecular flexibility index (Phi) is 10.4. The van der Waals surface area contributed by atoms with Crippen LogP contribution in [0.3, 0.4) is 0 Å². The van der Waals surface area contributed by atoms with Gasteiger partial charge in [-0.1, -0.05) is 32.4 Å². The highest BCUT2D eigenvalue weighted by molar-refractivity contribution is 5.35. The Morgan fingerprint density at radius 3 is 2.23 bits per heavy atom. The molecule has 2 nitrogen and oxygen atoms in total. The van der Waals surface area contributed by atoms with Crippen LogP contribution in [0.15, 0.2) is 37.4 Å². The van der Waals surface area contributed by atoms with Gasteiger partial charge in [-0.05, 0) is 80.8 Å². The third kappa shape index (κ3) is 7.14. The van der Waals surface area contributed by atoms with Crippen LogP contribution in [0.2, 0.25) is 0 Å². The fraction of sp³-hybridized carbons (Fsp3) is 0.615. The van der Waals surface area contributed by atoms with Gasteiger partial charge in [-0.15, -0.1) is 13.2 Å². The third-order valence-corrected chi connectivity index (χ3v) is 6.54. The maximum atomic E-state index is 14.3. The van der Waals surface area contributed by atoms with Crippen LogP contribution >= 0.6 is 0 Å². The van der Waals surface area contributed by atoms with E-state index >= 15 is 0 Å². The zero-order valence-electron chi connectivity index (χ0n) is 18.7. The van der Waals surface area contributed by atoms with E-state index in [1.54, 1.807) is 6.08 Å². The predicted molar refractivity (Wildman–Crippen MR) is 120 cm³/mol. The molecule has 0 amide bonds. The lowest BCUT2D eigenvalue weighted by Gasteiger charge is -2.34. The molecule has 1 fully saturated rings. The van der Waals surface area contributed by atoms with Crippen molar-refractivity contribution in [2.24, 2.45) is 23.7 Å². The molecule has 1 aliphatic rings. The predicted octanol–water partition coefficient (Wildman–Crippen LogP) is 7.73. The van der Waals surface area contributed by atoms with Crippen molar-refractivity contribution < 1.29 is 18.3 Å². The van der Waals surface area contributed by atoms with Crippen molar-refractivity contribution in [2.75, 3.05) is 13.2 Å². The molecule has 2 rings (SSSR count). The van der Waals surface area contributed by atoms with Crippen LogP contribution in [0.1, 0.15) is 65.2 Å². The number of allylic oxidation sites excluding steroid dienone is 1. The topological polar surface area (TPSA) is 18.5 Å². The molecular formula is C26H38F2O2. The first-order valence-electron chi connectivity index (χ1n) is 11.5. The smallest absolute Gasteiger partial charge is 0.204 e. The Morgan fingerprint density at radius 2 is 1.67 bits per heavy atom. The molecule has 1 aromatic carbocycles. The second-order valence-electron chi connectivity index (χ2n) is 8.67. The van der Waals surface area contributed by atoms with Crippen LogP contribution in [0, 0.1) is 35.3 Å². The summed E-state index contributed by atoms with van der Waals surface area (Å²) in [6.07, 6.45) is 12.6. The average Bonchev–Trinajstić information content (AvgIpc) is 2.77. The molecule has 0 saturated heterocycles. The molecule has 1 aliphatic carbocycles. The van der Waals surface area contributed by atoms with Crippen LogP contribution in [0.4, 0.5) is 8.78 Å². The van der Waals surface area contributed by atoms with E-state index in [1.165, 1.54) is 44.2 Å². The maximum Gasteiger partial charge on any atom is 0.204 e. The lowest BCUT2D eigenvalue weighted by Crippen LogP contribution is -2.25. The monoisotopic (exact) mass is 420 g/mol. The van der Waals surface area contributed by atoms with Crippen molar-refractivity contribution in [1.29, 1.82) is 0 Å². The van der Waals surface area contributed by atoms with Crippen molar-refractivity contribution >= 4 is 0 Å². The van der Waals surface area contributed by atoms with Gasteiger partial charge >= 0.3 is 0 Å². The first-order chi connectivity index (χ1) is 14.5. The van der Waals surface area contributed by atoms with Gasteiger partial charge in [0.25, 0.3) is 0 Å². The normalized spacial score (nSPS) is 20.9. The van der Waals surface area contributed by atoms with Crippen LogP contribution in [0.25, 0.3) is 0 Å². The summed E-state index contributed by atoms with van der Waals surface area (Å²) in [5.41, 5.74) is 0. The van der Waals surface area contributed by atoms with Gasteiger partial charge in [0, 0.05) is 0 Å². The van der Waals surface area contributed by atoms with Crippen molar-refractivity contribution in [3.05, 3.63) is 49.1 Å². The highest BCUT2D eigenvalue weighted by Gasteiger charge is 2.27. The zero-order valence-corrected chi connectivity index (χ0v) is 18.7. The summed E-state index contributed by atoms with van der Waals surface area (Å²) in [5.74, 6) is 0.449. The van der Waals surface area contributed by atoms with Crippen LogP contribution in [0.5, 0.6) is 11.5 Å². The highest BCUT2D eigenvalue weighted by Crippen LogP contribution is 2.38. The zero-order chi connectivity index (χ0) is 21.9. The summed E-state index contributed by atoms with van der Waals surface area (Å²) >= 11 is 0. The molecule has 0 spiro atoms. The number of hydrogen-bond acceptors (Lipinski definition) is 2. The van der Waals surface area contributed by atoms with Gasteiger partial charge in [0.2, 0.25) is 11.6 Å². The molecule has 0 N–H and O–H groups in total. The summed E-state index contributed by atoms with van der Waals surface area (Å²) in [4.78, 5) is 0. The van der Waals surface area contributed by atoms with E-state index in [1.807, 2.05) is 6.08 Å². The minimum absolute atomic E-state index is 0.0319. The molecule has 2 atom stereocenters. The standard InChI is InChI=1S/C26H38F2O2/c1-5-8-17-29-23-15-16-24(26(28)25(23)27)30-18-20-10-13-22(14-11-20)21(7-3)12-9-19(4)6-2/h5-6,15-16,19-22H,1-2,7-14,17-18H2,3-4H3. The average molecular weight is 421 g/mol. The number of benzene rings is 1. The van der Waals surface area contributed by atoms with Crippen LogP contribution in [-0.4, -0.2) is 13.2 Å². The van der Waals surface area contributed by atoms with Crippen molar-refractivity contribution in [2.45, 2.75) is 65.2 Å². The first-order valence-corrected chi connectivity index (χ1v) is 11.5. The van der Waals surface area contributed by atoms with E-state index in [0.717, 1.165) is 24.7 Å². The van der Waals surface area contributed by atoms with E-state index in [-0.39, 0.29) is 18.1 Å². The van der Waals surface area contributed by atoms with E-state index in [4.69, 9.17) is 9.47 Å². The van der Waals surface area contributed by atoms with E-state index in [9.17, 15) is 8.78 Å². The molecule has 1 aromatic rings. The van der Waals surface area contributed by atoms with Crippen LogP contribution in [-0.2, 0) is 0 Å². The quantitative estimate of drug-likeness (QED) is 0.240. The molecule has 0 bridgehead atoms. The lowest BCUT2D eigenvalue weighted by atomic mass is 9.73. The molecular weight excluding hydrogens is 382 g/mol. The van der Waals surface area contributed by atoms with Crippen molar-refractivity contribution in [3.8, 4) is 11.5 Å². The SMILES string of the molecule is C=CCCOc1ccc(OCC2CCC(C(CC)CCC(C)C=C)CC2)c(F)c1F. The fourth-order valence-electron chi connectivity index (χ4n) is 4.39. The van der Waals surface area contributed by atoms with Gasteiger partial charge in [-0.3, -0.25) is 0 Å². The minimum atomic E-state index is -0.986. The van der Waals surface area contributed by atoms with Gasteiger partial charge in [0.05, 0.1) is 13.2 Å². The number of halogens is 2. The van der Waals surface area contributed by atoms with Crippen molar-refractivity contribution in [3.63, 3.8) is 0 Å². The van der Waals surface area contributed by atoms with E-state index < -0.39 is 11.6 Å². The number of rotatable bonds is 13. The molecule has 0 aromatic heterocycles. The Hall–Kier alpha value is -1.84. The molecule has 168 valence electrons. The molecule has 0 heterocycles. The van der Waals surface area contributed by atoms with Crippen LogP contribution < -0.4 is 9.47 Å². The molecule has 2 unspecified atom stereocenters.